The molecule has 6 nitrogen and oxygen atoms in total. The van der Waals surface area contributed by atoms with Crippen LogP contribution in [0.3, 0.4) is 0 Å². The van der Waals surface area contributed by atoms with Crippen molar-refractivity contribution in [3.8, 4) is 22.9 Å². The summed E-state index contributed by atoms with van der Waals surface area (Å²) in [4.78, 5) is 19.5. The minimum absolute atomic E-state index is 0. The predicted molar refractivity (Wildman–Crippen MR) is 67.5 cm³/mol. The maximum atomic E-state index is 11.2. The van der Waals surface area contributed by atoms with Crippen LogP contribution >= 0.6 is 0 Å². The number of ether oxygens (including phenoxy) is 2. The molecule has 0 saturated carbocycles. The first-order chi connectivity index (χ1) is 9.15. The summed E-state index contributed by atoms with van der Waals surface area (Å²) >= 11 is 0. The van der Waals surface area contributed by atoms with Gasteiger partial charge in [0, 0.05) is 0 Å². The monoisotopic (exact) mass is 366 g/mol. The minimum Gasteiger partial charge on any atom is -0.495 e. The number of aromatic carboxylic acids is 1. The van der Waals surface area contributed by atoms with Crippen molar-refractivity contribution in [1.29, 1.82) is 0 Å². The predicted octanol–water partition coefficient (Wildman–Crippen LogP) is 1.86. The third-order valence-electron chi connectivity index (χ3n) is 2.54. The van der Waals surface area contributed by atoms with Gasteiger partial charge >= 0.3 is 26.4 Å². The zero-order valence-electron chi connectivity index (χ0n) is 10.8. The Morgan fingerprint density at radius 3 is 2.25 bits per heavy atom. The summed E-state index contributed by atoms with van der Waals surface area (Å²) in [5.74, 6) is -0.109. The molecule has 2 rings (SSSR count). The van der Waals surface area contributed by atoms with E-state index in [1.165, 1.54) is 32.7 Å². The van der Waals surface area contributed by atoms with Gasteiger partial charge in [0.1, 0.15) is 17.2 Å². The number of carboxylic acid groups (broad SMARTS) is 1. The van der Waals surface area contributed by atoms with Crippen LogP contribution in [0.15, 0.2) is 30.6 Å². The molecule has 2 heterocycles. The molecule has 0 spiro atoms. The van der Waals surface area contributed by atoms with Gasteiger partial charge in [-0.1, -0.05) is 0 Å². The normalized spacial score (nSPS) is 9.50. The Labute approximate surface area is 129 Å². The van der Waals surface area contributed by atoms with E-state index in [0.29, 0.717) is 17.2 Å². The van der Waals surface area contributed by atoms with Crippen LogP contribution in [0.4, 0.5) is 0 Å². The average molecular weight is 367 g/mol. The van der Waals surface area contributed by atoms with E-state index in [1.807, 2.05) is 0 Å². The van der Waals surface area contributed by atoms with Gasteiger partial charge in [0.25, 0.3) is 0 Å². The number of hydrogen-bond acceptors (Lipinski definition) is 5. The first-order valence-electron chi connectivity index (χ1n) is 5.43. The minimum atomic E-state index is -1.08. The van der Waals surface area contributed by atoms with Gasteiger partial charge in [-0.3, -0.25) is 4.98 Å². The Morgan fingerprint density at radius 2 is 1.75 bits per heavy atom. The molecule has 7 heteroatoms. The zero-order valence-corrected chi connectivity index (χ0v) is 12.3. The van der Waals surface area contributed by atoms with Crippen LogP contribution in [0.5, 0.6) is 11.5 Å². The number of carbonyl (C=O) groups is 1. The van der Waals surface area contributed by atoms with Crippen LogP contribution < -0.4 is 9.47 Å². The van der Waals surface area contributed by atoms with Gasteiger partial charge in [-0.25, -0.2) is 9.78 Å². The van der Waals surface area contributed by atoms with Gasteiger partial charge in [-0.05, 0) is 18.2 Å². The van der Waals surface area contributed by atoms with E-state index in [9.17, 15) is 9.90 Å². The van der Waals surface area contributed by atoms with Crippen LogP contribution in [0, 0.1) is 0 Å². The second-order valence-corrected chi connectivity index (χ2v) is 3.66. The smallest absolute Gasteiger partial charge is 0.495 e. The Kier molecular flexibility index (Phi) is 5.62. The molecule has 0 saturated heterocycles. The van der Waals surface area contributed by atoms with Crippen LogP contribution in [0.2, 0.25) is 0 Å². The van der Waals surface area contributed by atoms with Crippen LogP contribution in [0.1, 0.15) is 10.4 Å². The second kappa shape index (κ2) is 6.99. The summed E-state index contributed by atoms with van der Waals surface area (Å²) in [6, 6.07) is 4.76. The van der Waals surface area contributed by atoms with Gasteiger partial charge in [0.15, 0.2) is 0 Å². The van der Waals surface area contributed by atoms with E-state index in [2.05, 4.69) is 9.97 Å². The Balaban J connectivity index is 0.00000200. The summed E-state index contributed by atoms with van der Waals surface area (Å²) in [7, 11) is 2.99. The largest absolute Gasteiger partial charge is 2.00 e. The molecule has 20 heavy (non-hydrogen) atoms. The molecule has 0 aliphatic rings. The van der Waals surface area contributed by atoms with E-state index in [-0.39, 0.29) is 31.7 Å². The van der Waals surface area contributed by atoms with Crippen LogP contribution in [-0.4, -0.2) is 35.3 Å². The van der Waals surface area contributed by atoms with E-state index < -0.39 is 5.97 Å². The number of hydrogen-bond donors (Lipinski definition) is 1. The first-order valence-corrected chi connectivity index (χ1v) is 5.43. The van der Waals surface area contributed by atoms with Gasteiger partial charge < -0.3 is 14.6 Å². The molecular formula is C13H12N2O4Pd+2. The molecule has 0 aromatic carbocycles. The quantitative estimate of drug-likeness (QED) is 0.832. The zero-order chi connectivity index (χ0) is 13.8. The van der Waals surface area contributed by atoms with E-state index >= 15 is 0 Å². The second-order valence-electron chi connectivity index (χ2n) is 3.66. The number of carboxylic acids is 1. The summed E-state index contributed by atoms with van der Waals surface area (Å²) in [6.07, 6.45) is 2.96. The molecule has 0 amide bonds. The number of rotatable bonds is 4. The van der Waals surface area contributed by atoms with Gasteiger partial charge in [0.05, 0.1) is 37.9 Å². The molecular weight excluding hydrogens is 355 g/mol. The molecule has 2 aromatic rings. The first kappa shape index (κ1) is 16.1. The Morgan fingerprint density at radius 1 is 1.10 bits per heavy atom. The van der Waals surface area contributed by atoms with Crippen molar-refractivity contribution in [2.45, 2.75) is 0 Å². The van der Waals surface area contributed by atoms with Crippen molar-refractivity contribution < 1.29 is 39.8 Å². The van der Waals surface area contributed by atoms with E-state index in [1.54, 1.807) is 12.1 Å². The van der Waals surface area contributed by atoms with Gasteiger partial charge in [-0.15, -0.1) is 0 Å². The number of nitrogens with zero attached hydrogens (tertiary/aromatic N) is 2. The van der Waals surface area contributed by atoms with E-state index in [0.717, 1.165) is 0 Å². The fraction of sp³-hybridized carbons (Fsp3) is 0.154. The molecule has 0 atom stereocenters. The standard InChI is InChI=1S/C13H12N2O4.Pd/c1-18-8-3-4-11(14-6-8)12-10(13(16)17)5-9(19-2)7-15-12;/h3-7H,1-2H3,(H,16,17);/q;+2. The van der Waals surface area contributed by atoms with Crippen molar-refractivity contribution in [2.24, 2.45) is 0 Å². The molecule has 0 aliphatic carbocycles. The van der Waals surface area contributed by atoms with Crippen molar-refractivity contribution >= 4 is 5.97 Å². The maximum absolute atomic E-state index is 11.2. The van der Waals surface area contributed by atoms with E-state index in [4.69, 9.17) is 9.47 Å². The topological polar surface area (TPSA) is 81.5 Å². The summed E-state index contributed by atoms with van der Waals surface area (Å²) in [5.41, 5.74) is 0.786. The van der Waals surface area contributed by atoms with Crippen molar-refractivity contribution in [3.63, 3.8) is 0 Å². The molecule has 0 unspecified atom stereocenters. The molecule has 0 aliphatic heterocycles. The number of aromatic nitrogens is 2. The van der Waals surface area contributed by atoms with Crippen molar-refractivity contribution in [2.75, 3.05) is 14.2 Å². The fourth-order valence-corrected chi connectivity index (χ4v) is 1.57. The van der Waals surface area contributed by atoms with Crippen molar-refractivity contribution in [3.05, 3.63) is 36.2 Å². The van der Waals surface area contributed by atoms with Crippen LogP contribution in [0.25, 0.3) is 11.4 Å². The summed E-state index contributed by atoms with van der Waals surface area (Å²) < 4.78 is 9.97. The molecule has 106 valence electrons. The molecule has 2 aromatic heterocycles. The Hall–Kier alpha value is -1.97. The van der Waals surface area contributed by atoms with Crippen LogP contribution in [-0.2, 0) is 20.4 Å². The molecule has 0 fully saturated rings. The van der Waals surface area contributed by atoms with Gasteiger partial charge in [0.2, 0.25) is 0 Å². The average Bonchev–Trinajstić information content (AvgIpc) is 2.46. The number of pyridine rings is 2. The van der Waals surface area contributed by atoms with Gasteiger partial charge in [-0.2, -0.15) is 0 Å². The third kappa shape index (κ3) is 3.32. The van der Waals surface area contributed by atoms with Crippen molar-refractivity contribution in [1.82, 2.24) is 9.97 Å². The number of methoxy groups -OCH3 is 2. The summed E-state index contributed by atoms with van der Waals surface area (Å²) in [5, 5.41) is 9.20. The maximum Gasteiger partial charge on any atom is 2.00 e. The third-order valence-corrected chi connectivity index (χ3v) is 2.54. The molecule has 0 radical (unpaired) electrons. The fourth-order valence-electron chi connectivity index (χ4n) is 1.57. The molecule has 1 N–H and O–H groups in total. The summed E-state index contributed by atoms with van der Waals surface area (Å²) in [6.45, 7) is 0. The SMILES string of the molecule is COc1ccc(-c2ncc(OC)cc2C(=O)O)nc1.[Pd+2]. The Bertz CT molecular complexity index is 602. The molecule has 0 bridgehead atoms.